The molecule has 52 heavy (non-hydrogen) atoms. The number of methoxy groups -OCH3 is 1. The summed E-state index contributed by atoms with van der Waals surface area (Å²) >= 11 is -1.96. The second-order valence-electron chi connectivity index (χ2n) is 11.6. The molecule has 3 aromatic carbocycles. The maximum absolute atomic E-state index is 14.3. The molecule has 0 aliphatic carbocycles. The van der Waals surface area contributed by atoms with Crippen LogP contribution < -0.4 is 9.47 Å². The van der Waals surface area contributed by atoms with E-state index in [1.807, 2.05) is 36.0 Å². The number of hydrogen-bond acceptors (Lipinski definition) is 11. The first kappa shape index (κ1) is 36.6. The number of benzene rings is 3. The molecule has 0 spiro atoms. The average Bonchev–Trinajstić information content (AvgIpc) is 3.81. The fourth-order valence-corrected chi connectivity index (χ4v) is 9.43. The number of aryl methyl sites for hydroxylation is 1. The van der Waals surface area contributed by atoms with Crippen molar-refractivity contribution in [3.8, 4) is 17.2 Å². The van der Waals surface area contributed by atoms with Gasteiger partial charge < -0.3 is 23.3 Å². The highest BCUT2D eigenvalue weighted by molar-refractivity contribution is 7.93. The minimum absolute atomic E-state index is 0.118. The topological polar surface area (TPSA) is 172 Å². The normalized spacial score (nSPS) is 12.5. The Morgan fingerprint density at radius 1 is 0.904 bits per heavy atom. The van der Waals surface area contributed by atoms with E-state index < -0.39 is 49.4 Å². The quantitative estimate of drug-likeness (QED) is 0.110. The number of fused-ring (bicyclic) bond motifs is 1. The Hall–Kier alpha value is -5.16. The third-order valence-corrected chi connectivity index (χ3v) is 12.9. The number of aromatic nitrogens is 4. The maximum Gasteiger partial charge on any atom is 0.344 e. The first-order valence-corrected chi connectivity index (χ1v) is 20.2. The summed E-state index contributed by atoms with van der Waals surface area (Å²) in [6.45, 7) is 2.72. The van der Waals surface area contributed by atoms with E-state index in [0.717, 1.165) is 9.54 Å². The Morgan fingerprint density at radius 3 is 2.29 bits per heavy atom. The molecule has 0 bridgehead atoms. The minimum Gasteiger partial charge on any atom is -0.609 e. The lowest BCUT2D eigenvalue weighted by atomic mass is 10.2. The van der Waals surface area contributed by atoms with Crippen molar-refractivity contribution in [1.82, 2.24) is 18.5 Å². The summed E-state index contributed by atoms with van der Waals surface area (Å²) in [6, 6.07) is 22.2. The Morgan fingerprint density at radius 2 is 1.60 bits per heavy atom. The van der Waals surface area contributed by atoms with Crippen LogP contribution in [0.15, 0.2) is 118 Å². The average molecular weight is 763 g/mol. The van der Waals surface area contributed by atoms with E-state index >= 15 is 0 Å². The predicted molar refractivity (Wildman–Crippen MR) is 193 cm³/mol. The van der Waals surface area contributed by atoms with Gasteiger partial charge in [-0.1, -0.05) is 17.7 Å². The minimum atomic E-state index is -4.40. The van der Waals surface area contributed by atoms with Gasteiger partial charge in [-0.15, -0.1) is 0 Å². The molecule has 0 radical (unpaired) electrons. The van der Waals surface area contributed by atoms with Crippen LogP contribution in [-0.2, 0) is 46.3 Å². The number of carbonyl (C=O) groups is 1. The largest absolute Gasteiger partial charge is 0.609 e. The van der Waals surface area contributed by atoms with Gasteiger partial charge in [-0.2, -0.15) is 8.96 Å². The van der Waals surface area contributed by atoms with E-state index in [1.165, 1.54) is 49.7 Å². The molecule has 3 aromatic heterocycles. The lowest BCUT2D eigenvalue weighted by Crippen LogP contribution is -2.21. The van der Waals surface area contributed by atoms with Crippen LogP contribution in [0.4, 0.5) is 0 Å². The summed E-state index contributed by atoms with van der Waals surface area (Å²) in [5, 5.41) is -0.184. The predicted octanol–water partition coefficient (Wildman–Crippen LogP) is 4.79. The fraction of sp³-hybridized carbons (Fsp3) is 0.194. The van der Waals surface area contributed by atoms with Crippen molar-refractivity contribution in [3.05, 3.63) is 120 Å². The van der Waals surface area contributed by atoms with Crippen LogP contribution in [-0.4, -0.2) is 71.9 Å². The number of sulfone groups is 1. The summed E-state index contributed by atoms with van der Waals surface area (Å²) in [5.74, 6) is -0.593. The zero-order chi connectivity index (χ0) is 37.0. The summed E-state index contributed by atoms with van der Waals surface area (Å²) in [6.07, 6.45) is 5.16. The third-order valence-electron chi connectivity index (χ3n) is 8.13. The standard InChI is InChI=1S/C36H34N4O9S3/c1-25-6-11-29(12-7-25)51(43,44)21-20-48-35(41)23-49-28-9-13-30(14-10-28)52(45,46)40-33-22-27(39-18-4-5-19-39)8-15-31(33)38-36(40)50(42)24-32-26(2)34(47-3)16-17-37-32/h4-19,22H,20-21,23-24H2,1-3H3. The molecule has 0 saturated heterocycles. The number of pyridine rings is 1. The van der Waals surface area contributed by atoms with E-state index in [4.69, 9.17) is 14.2 Å². The van der Waals surface area contributed by atoms with Gasteiger partial charge in [-0.05, 0) is 86.6 Å². The molecule has 0 saturated carbocycles. The van der Waals surface area contributed by atoms with E-state index in [1.54, 1.807) is 43.3 Å². The van der Waals surface area contributed by atoms with Crippen LogP contribution >= 0.6 is 0 Å². The summed E-state index contributed by atoms with van der Waals surface area (Å²) in [5.41, 5.74) is 3.26. The molecule has 0 aliphatic heterocycles. The Bertz CT molecular complexity index is 2430. The summed E-state index contributed by atoms with van der Waals surface area (Å²) in [7, 11) is -6.52. The summed E-state index contributed by atoms with van der Waals surface area (Å²) < 4.78 is 86.4. The first-order valence-electron chi connectivity index (χ1n) is 15.8. The van der Waals surface area contributed by atoms with Gasteiger partial charge in [0.15, 0.2) is 22.2 Å². The molecule has 270 valence electrons. The molecular weight excluding hydrogens is 729 g/mol. The van der Waals surface area contributed by atoms with Crippen molar-refractivity contribution in [2.45, 2.75) is 34.5 Å². The molecule has 0 fully saturated rings. The van der Waals surface area contributed by atoms with Crippen molar-refractivity contribution >= 4 is 48.0 Å². The van der Waals surface area contributed by atoms with Crippen LogP contribution in [0.1, 0.15) is 16.8 Å². The van der Waals surface area contributed by atoms with Gasteiger partial charge in [0.1, 0.15) is 18.1 Å². The lowest BCUT2D eigenvalue weighted by molar-refractivity contribution is -0.145. The molecule has 6 rings (SSSR count). The van der Waals surface area contributed by atoms with Crippen molar-refractivity contribution < 1.29 is 40.4 Å². The van der Waals surface area contributed by atoms with E-state index in [-0.39, 0.29) is 38.6 Å². The number of rotatable bonds is 14. The van der Waals surface area contributed by atoms with Crippen molar-refractivity contribution in [2.75, 3.05) is 26.1 Å². The van der Waals surface area contributed by atoms with Crippen molar-refractivity contribution in [3.63, 3.8) is 0 Å². The van der Waals surface area contributed by atoms with Gasteiger partial charge in [0.05, 0.1) is 39.4 Å². The van der Waals surface area contributed by atoms with Crippen LogP contribution in [0.3, 0.4) is 0 Å². The zero-order valence-corrected chi connectivity index (χ0v) is 30.8. The molecular formula is C36H34N4O9S3. The number of esters is 1. The van der Waals surface area contributed by atoms with Gasteiger partial charge in [-0.25, -0.2) is 21.6 Å². The summed E-state index contributed by atoms with van der Waals surface area (Å²) in [4.78, 5) is 21.2. The number of hydrogen-bond donors (Lipinski definition) is 0. The third kappa shape index (κ3) is 7.84. The number of carbonyl (C=O) groups excluding carboxylic acids is 1. The highest BCUT2D eigenvalue weighted by Gasteiger charge is 2.32. The van der Waals surface area contributed by atoms with Crippen LogP contribution in [0, 0.1) is 13.8 Å². The number of nitrogens with zero attached hydrogens (tertiary/aromatic N) is 4. The second kappa shape index (κ2) is 15.2. The van der Waals surface area contributed by atoms with Crippen LogP contribution in [0.2, 0.25) is 0 Å². The zero-order valence-electron chi connectivity index (χ0n) is 28.3. The molecule has 16 heteroatoms. The second-order valence-corrected chi connectivity index (χ2v) is 16.9. The maximum atomic E-state index is 14.3. The molecule has 13 nitrogen and oxygen atoms in total. The Balaban J connectivity index is 1.21. The Kier molecular flexibility index (Phi) is 10.7. The van der Waals surface area contributed by atoms with Crippen molar-refractivity contribution in [1.29, 1.82) is 0 Å². The molecule has 0 aliphatic rings. The smallest absolute Gasteiger partial charge is 0.344 e. The van der Waals surface area contributed by atoms with Gasteiger partial charge in [0.25, 0.3) is 10.0 Å². The van der Waals surface area contributed by atoms with Crippen LogP contribution in [0.5, 0.6) is 11.5 Å². The first-order chi connectivity index (χ1) is 24.9. The van der Waals surface area contributed by atoms with Crippen LogP contribution in [0.25, 0.3) is 16.7 Å². The van der Waals surface area contributed by atoms with E-state index in [9.17, 15) is 26.2 Å². The van der Waals surface area contributed by atoms with Crippen molar-refractivity contribution in [2.24, 2.45) is 0 Å². The van der Waals surface area contributed by atoms with Gasteiger partial charge in [-0.3, -0.25) is 4.98 Å². The fourth-order valence-electron chi connectivity index (χ4n) is 5.30. The molecule has 0 amide bonds. The Labute approximate surface area is 304 Å². The number of ether oxygens (including phenoxy) is 3. The SMILES string of the molecule is COc1ccnc(C[S+]([O-])c2nc3ccc(-n4cccc4)cc3n2S(=O)(=O)c2ccc(OCC(=O)OCCS(=O)(=O)c3ccc(C)cc3)cc2)c1C. The monoisotopic (exact) mass is 762 g/mol. The molecule has 1 unspecified atom stereocenters. The molecule has 3 heterocycles. The molecule has 1 atom stereocenters. The highest BCUT2D eigenvalue weighted by Crippen LogP contribution is 2.31. The highest BCUT2D eigenvalue weighted by atomic mass is 32.2. The van der Waals surface area contributed by atoms with E-state index in [0.29, 0.717) is 28.2 Å². The van der Waals surface area contributed by atoms with Gasteiger partial charge in [0.2, 0.25) is 0 Å². The molecule has 0 N–H and O–H groups in total. The van der Waals surface area contributed by atoms with E-state index in [2.05, 4.69) is 9.97 Å². The lowest BCUT2D eigenvalue weighted by Gasteiger charge is -2.15. The molecule has 6 aromatic rings. The van der Waals surface area contributed by atoms with Gasteiger partial charge >= 0.3 is 11.1 Å². The van der Waals surface area contributed by atoms with Gasteiger partial charge in [0, 0.05) is 41.0 Å². The number of imidazole rings is 1.